The van der Waals surface area contributed by atoms with Gasteiger partial charge in [-0.15, -0.1) is 0 Å². The molecule has 0 bridgehead atoms. The Morgan fingerprint density at radius 1 is 1.20 bits per heavy atom. The van der Waals surface area contributed by atoms with Crippen LogP contribution in [0.4, 0.5) is 0 Å². The SMILES string of the molecule is Cc1ccccc1-n1c(C)cc(C=C2C(=N)N3N=C(CC(=O)N4CCOCC4)SC3=NC2=O)c1C. The number of carbonyl (C=O) groups excluding carboxylic acids is 2. The van der Waals surface area contributed by atoms with Crippen LogP contribution in [0, 0.1) is 26.2 Å². The summed E-state index contributed by atoms with van der Waals surface area (Å²) in [5.74, 6) is -0.565. The number of carbonyl (C=O) groups is 2. The summed E-state index contributed by atoms with van der Waals surface area (Å²) in [5.41, 5.74) is 5.23. The van der Waals surface area contributed by atoms with Crippen LogP contribution in [-0.4, -0.2) is 68.6 Å². The number of thioether (sulfide) groups is 1. The van der Waals surface area contributed by atoms with Gasteiger partial charge in [0.1, 0.15) is 5.04 Å². The van der Waals surface area contributed by atoms with Crippen molar-refractivity contribution in [2.24, 2.45) is 10.1 Å². The zero-order valence-electron chi connectivity index (χ0n) is 19.9. The third kappa shape index (κ3) is 4.35. The average Bonchev–Trinajstić information content (AvgIpc) is 3.37. The zero-order chi connectivity index (χ0) is 24.7. The van der Waals surface area contributed by atoms with E-state index >= 15 is 0 Å². The van der Waals surface area contributed by atoms with Crippen LogP contribution in [0.25, 0.3) is 11.8 Å². The normalized spacial score (nSPS) is 19.2. The number of aliphatic imine (C=N–C) groups is 1. The molecule has 0 atom stereocenters. The molecular weight excluding hydrogens is 464 g/mol. The summed E-state index contributed by atoms with van der Waals surface area (Å²) >= 11 is 1.17. The highest BCUT2D eigenvalue weighted by atomic mass is 32.2. The molecule has 0 aliphatic carbocycles. The molecule has 2 aromatic rings. The highest BCUT2D eigenvalue weighted by Gasteiger charge is 2.36. The summed E-state index contributed by atoms with van der Waals surface area (Å²) in [5, 5.41) is 15.3. The number of benzene rings is 1. The van der Waals surface area contributed by atoms with Crippen molar-refractivity contribution in [3.8, 4) is 5.69 Å². The van der Waals surface area contributed by atoms with Crippen molar-refractivity contribution in [3.05, 3.63) is 58.4 Å². The van der Waals surface area contributed by atoms with Crippen molar-refractivity contribution in [3.63, 3.8) is 0 Å². The fraction of sp³-hybridized carbons (Fsp3) is 0.320. The lowest BCUT2D eigenvalue weighted by molar-refractivity contribution is -0.133. The van der Waals surface area contributed by atoms with Crippen LogP contribution in [0.5, 0.6) is 0 Å². The summed E-state index contributed by atoms with van der Waals surface area (Å²) in [4.78, 5) is 31.4. The van der Waals surface area contributed by atoms with Gasteiger partial charge in [0.25, 0.3) is 5.91 Å². The van der Waals surface area contributed by atoms with Gasteiger partial charge in [-0.2, -0.15) is 15.1 Å². The third-order valence-electron chi connectivity index (χ3n) is 6.29. The molecule has 1 saturated heterocycles. The largest absolute Gasteiger partial charge is 0.378 e. The molecule has 1 N–H and O–H groups in total. The van der Waals surface area contributed by atoms with Crippen LogP contribution < -0.4 is 0 Å². The lowest BCUT2D eigenvalue weighted by atomic mass is 10.1. The van der Waals surface area contributed by atoms with E-state index in [1.165, 1.54) is 16.8 Å². The Labute approximate surface area is 207 Å². The third-order valence-corrected chi connectivity index (χ3v) is 7.20. The van der Waals surface area contributed by atoms with Crippen molar-refractivity contribution in [2.75, 3.05) is 26.3 Å². The molecule has 1 fully saturated rings. The molecule has 2 amide bonds. The van der Waals surface area contributed by atoms with Gasteiger partial charge in [-0.1, -0.05) is 18.2 Å². The molecule has 0 spiro atoms. The van der Waals surface area contributed by atoms with Gasteiger partial charge in [0.2, 0.25) is 11.1 Å². The topological polar surface area (TPSA) is 103 Å². The number of rotatable bonds is 4. The van der Waals surface area contributed by atoms with Crippen molar-refractivity contribution >= 4 is 45.7 Å². The number of aryl methyl sites for hydroxylation is 2. The van der Waals surface area contributed by atoms with Crippen LogP contribution in [0.2, 0.25) is 0 Å². The predicted octanol–water partition coefficient (Wildman–Crippen LogP) is 3.27. The highest BCUT2D eigenvalue weighted by Crippen LogP contribution is 2.31. The Balaban J connectivity index is 1.40. The number of aromatic nitrogens is 1. The Bertz CT molecular complexity index is 1330. The molecule has 0 saturated carbocycles. The lowest BCUT2D eigenvalue weighted by Crippen LogP contribution is -2.41. The van der Waals surface area contributed by atoms with E-state index < -0.39 is 5.91 Å². The van der Waals surface area contributed by atoms with E-state index in [4.69, 9.17) is 10.1 Å². The molecule has 3 aliphatic heterocycles. The van der Waals surface area contributed by atoms with Gasteiger partial charge in [-0.25, -0.2) is 0 Å². The van der Waals surface area contributed by atoms with E-state index in [2.05, 4.69) is 33.7 Å². The first-order valence-electron chi connectivity index (χ1n) is 11.4. The standard InChI is InChI=1S/C25H26N6O3S/c1-15-6-4-5-7-20(15)30-16(2)12-18(17(30)3)13-19-23(26)31-25(27-24(19)33)35-21(28-31)14-22(32)29-8-10-34-11-9-29/h4-7,12-13,26H,8-11,14H2,1-3H3. The monoisotopic (exact) mass is 490 g/mol. The van der Waals surface area contributed by atoms with E-state index in [0.717, 1.165) is 28.2 Å². The number of fused-ring (bicyclic) bond motifs is 1. The minimum atomic E-state index is -0.481. The van der Waals surface area contributed by atoms with Gasteiger partial charge in [0.05, 0.1) is 25.2 Å². The molecular formula is C25H26N6O3S. The van der Waals surface area contributed by atoms with E-state index in [1.807, 2.05) is 32.0 Å². The van der Waals surface area contributed by atoms with Crippen LogP contribution >= 0.6 is 11.8 Å². The number of ether oxygens (including phenoxy) is 1. The minimum absolute atomic E-state index is 0.0398. The van der Waals surface area contributed by atoms with Crippen LogP contribution in [0.3, 0.4) is 0 Å². The zero-order valence-corrected chi connectivity index (χ0v) is 20.7. The maximum atomic E-state index is 12.9. The Kier molecular flexibility index (Phi) is 6.16. The number of para-hydroxylation sites is 1. The quantitative estimate of drug-likeness (QED) is 0.663. The Morgan fingerprint density at radius 2 is 1.94 bits per heavy atom. The first-order valence-corrected chi connectivity index (χ1v) is 12.2. The van der Waals surface area contributed by atoms with Gasteiger partial charge in [0.15, 0.2) is 5.84 Å². The summed E-state index contributed by atoms with van der Waals surface area (Å²) in [6, 6.07) is 10.1. The first kappa shape index (κ1) is 23.3. The molecule has 1 aromatic heterocycles. The number of amidine groups is 2. The van der Waals surface area contributed by atoms with Crippen LogP contribution in [0.15, 0.2) is 46.0 Å². The summed E-state index contributed by atoms with van der Waals surface area (Å²) in [7, 11) is 0. The second-order valence-corrected chi connectivity index (χ2v) is 9.67. The maximum Gasteiger partial charge on any atom is 0.283 e. The summed E-state index contributed by atoms with van der Waals surface area (Å²) < 4.78 is 7.45. The minimum Gasteiger partial charge on any atom is -0.378 e. The molecule has 10 heteroatoms. The molecule has 9 nitrogen and oxygen atoms in total. The van der Waals surface area contributed by atoms with Crippen molar-refractivity contribution < 1.29 is 14.3 Å². The molecule has 0 unspecified atom stereocenters. The number of morpholine rings is 1. The second kappa shape index (κ2) is 9.27. The highest BCUT2D eigenvalue weighted by molar-refractivity contribution is 8.27. The molecule has 4 heterocycles. The fourth-order valence-corrected chi connectivity index (χ4v) is 5.31. The fourth-order valence-electron chi connectivity index (χ4n) is 4.43. The van der Waals surface area contributed by atoms with Gasteiger partial charge < -0.3 is 14.2 Å². The number of nitrogens with zero attached hydrogens (tertiary/aromatic N) is 5. The molecule has 180 valence electrons. The molecule has 5 rings (SSSR count). The van der Waals surface area contributed by atoms with E-state index in [1.54, 1.807) is 11.0 Å². The summed E-state index contributed by atoms with van der Waals surface area (Å²) in [6.07, 6.45) is 1.82. The van der Waals surface area contributed by atoms with Crippen molar-refractivity contribution in [1.29, 1.82) is 5.41 Å². The molecule has 1 aromatic carbocycles. The van der Waals surface area contributed by atoms with Gasteiger partial charge >= 0.3 is 0 Å². The van der Waals surface area contributed by atoms with E-state index in [9.17, 15) is 9.59 Å². The molecule has 3 aliphatic rings. The lowest BCUT2D eigenvalue weighted by Gasteiger charge is -2.26. The van der Waals surface area contributed by atoms with E-state index in [-0.39, 0.29) is 23.7 Å². The number of nitrogens with one attached hydrogen (secondary N) is 1. The van der Waals surface area contributed by atoms with E-state index in [0.29, 0.717) is 36.5 Å². The average molecular weight is 491 g/mol. The maximum absolute atomic E-state index is 12.9. The van der Waals surface area contributed by atoms with Crippen molar-refractivity contribution in [2.45, 2.75) is 27.2 Å². The smallest absolute Gasteiger partial charge is 0.283 e. The van der Waals surface area contributed by atoms with Crippen LogP contribution in [0.1, 0.15) is 28.9 Å². The van der Waals surface area contributed by atoms with Crippen molar-refractivity contribution in [1.82, 2.24) is 14.5 Å². The van der Waals surface area contributed by atoms with Gasteiger partial charge in [-0.3, -0.25) is 15.0 Å². The number of hydrogen-bond acceptors (Lipinski definition) is 6. The second-order valence-electron chi connectivity index (χ2n) is 8.63. The predicted molar refractivity (Wildman–Crippen MR) is 137 cm³/mol. The molecule has 35 heavy (non-hydrogen) atoms. The van der Waals surface area contributed by atoms with Crippen LogP contribution in [-0.2, 0) is 14.3 Å². The first-order chi connectivity index (χ1) is 16.8. The van der Waals surface area contributed by atoms with Gasteiger partial charge in [-0.05, 0) is 61.9 Å². The number of hydrogen-bond donors (Lipinski definition) is 1. The number of hydrazone groups is 1. The Morgan fingerprint density at radius 3 is 2.69 bits per heavy atom. The summed E-state index contributed by atoms with van der Waals surface area (Å²) in [6.45, 7) is 8.26. The van der Waals surface area contributed by atoms with Gasteiger partial charge in [0, 0.05) is 30.2 Å². The number of amides is 2. The molecule has 0 radical (unpaired) electrons. The Hall–Kier alpha value is -3.50.